The molecule has 6 heteroatoms. The van der Waals surface area contributed by atoms with Gasteiger partial charge in [-0.05, 0) is 48.5 Å². The normalized spacial score (nSPS) is 14.5. The van der Waals surface area contributed by atoms with Gasteiger partial charge in [-0.25, -0.2) is 0 Å². The van der Waals surface area contributed by atoms with E-state index < -0.39 is 0 Å². The number of benzene rings is 1. The zero-order valence-electron chi connectivity index (χ0n) is 14.2. The number of carbonyl (C=O) groups excluding carboxylic acids is 2. The molecular formula is C20H19N3O3. The highest BCUT2D eigenvalue weighted by molar-refractivity contribution is 5.95. The van der Waals surface area contributed by atoms with E-state index in [4.69, 9.17) is 4.42 Å². The first-order valence-corrected chi connectivity index (χ1v) is 8.58. The number of aromatic nitrogens is 1. The van der Waals surface area contributed by atoms with E-state index in [-0.39, 0.29) is 11.8 Å². The molecule has 0 N–H and O–H groups in total. The second-order valence-electron chi connectivity index (χ2n) is 6.20. The van der Waals surface area contributed by atoms with E-state index in [9.17, 15) is 9.59 Å². The van der Waals surface area contributed by atoms with Crippen LogP contribution in [-0.4, -0.2) is 52.4 Å². The molecule has 0 saturated carbocycles. The summed E-state index contributed by atoms with van der Waals surface area (Å²) < 4.78 is 7.15. The number of furan rings is 1. The number of piperazine rings is 1. The molecule has 1 aromatic carbocycles. The first kappa shape index (κ1) is 16.2. The van der Waals surface area contributed by atoms with Gasteiger partial charge >= 0.3 is 0 Å². The van der Waals surface area contributed by atoms with Crippen molar-refractivity contribution in [3.63, 3.8) is 0 Å². The number of hydrogen-bond donors (Lipinski definition) is 0. The third-order valence-corrected chi connectivity index (χ3v) is 4.60. The van der Waals surface area contributed by atoms with E-state index in [1.807, 2.05) is 53.4 Å². The minimum Gasteiger partial charge on any atom is -0.459 e. The van der Waals surface area contributed by atoms with Gasteiger partial charge in [-0.3, -0.25) is 9.59 Å². The standard InChI is InChI=1S/C20H19N3O3/c24-19(16-5-7-17(8-6-16)21-9-1-2-10-21)22-11-13-23(14-12-22)20(25)18-4-3-15-26-18/h1-10,15H,11-14H2. The van der Waals surface area contributed by atoms with Gasteiger partial charge in [0.1, 0.15) is 0 Å². The third kappa shape index (κ3) is 3.13. The van der Waals surface area contributed by atoms with Gasteiger partial charge in [0.25, 0.3) is 11.8 Å². The quantitative estimate of drug-likeness (QED) is 0.730. The molecule has 1 aliphatic rings. The van der Waals surface area contributed by atoms with Gasteiger partial charge in [0.2, 0.25) is 0 Å². The van der Waals surface area contributed by atoms with Gasteiger partial charge in [-0.2, -0.15) is 0 Å². The first-order chi connectivity index (χ1) is 12.7. The topological polar surface area (TPSA) is 58.7 Å². The Morgan fingerprint density at radius 3 is 1.96 bits per heavy atom. The molecule has 6 nitrogen and oxygen atoms in total. The maximum absolute atomic E-state index is 12.7. The molecule has 1 aliphatic heterocycles. The maximum Gasteiger partial charge on any atom is 0.289 e. The van der Waals surface area contributed by atoms with Gasteiger partial charge in [-0.15, -0.1) is 0 Å². The molecule has 1 saturated heterocycles. The van der Waals surface area contributed by atoms with Gasteiger partial charge < -0.3 is 18.8 Å². The predicted molar refractivity (Wildman–Crippen MR) is 96.3 cm³/mol. The minimum atomic E-state index is -0.127. The number of rotatable bonds is 3. The Kier molecular flexibility index (Phi) is 4.31. The number of carbonyl (C=O) groups is 2. The summed E-state index contributed by atoms with van der Waals surface area (Å²) in [5, 5.41) is 0. The van der Waals surface area contributed by atoms with Crippen LogP contribution in [0.3, 0.4) is 0 Å². The molecule has 3 heterocycles. The number of amides is 2. The lowest BCUT2D eigenvalue weighted by Crippen LogP contribution is -2.50. The summed E-state index contributed by atoms with van der Waals surface area (Å²) in [4.78, 5) is 28.5. The lowest BCUT2D eigenvalue weighted by Gasteiger charge is -2.34. The van der Waals surface area contributed by atoms with E-state index in [2.05, 4.69) is 0 Å². The SMILES string of the molecule is O=C(c1ccc(-n2cccc2)cc1)N1CCN(C(=O)c2ccco2)CC1. The molecule has 26 heavy (non-hydrogen) atoms. The summed E-state index contributed by atoms with van der Waals surface area (Å²) in [5.41, 5.74) is 1.67. The lowest BCUT2D eigenvalue weighted by molar-refractivity contribution is 0.0518. The highest BCUT2D eigenvalue weighted by atomic mass is 16.3. The molecule has 0 spiro atoms. The Hall–Kier alpha value is -3.28. The Morgan fingerprint density at radius 2 is 1.38 bits per heavy atom. The average Bonchev–Trinajstić information content (AvgIpc) is 3.41. The fourth-order valence-electron chi connectivity index (χ4n) is 3.13. The fourth-order valence-corrected chi connectivity index (χ4v) is 3.13. The van der Waals surface area contributed by atoms with Crippen LogP contribution in [0.25, 0.3) is 5.69 Å². The molecule has 0 radical (unpaired) electrons. The summed E-state index contributed by atoms with van der Waals surface area (Å²) in [5.74, 6) is 0.206. The minimum absolute atomic E-state index is 0.00541. The van der Waals surface area contributed by atoms with Crippen LogP contribution in [0.5, 0.6) is 0 Å². The van der Waals surface area contributed by atoms with E-state index in [0.29, 0.717) is 37.5 Å². The van der Waals surface area contributed by atoms with Crippen molar-refractivity contribution in [3.05, 3.63) is 78.5 Å². The van der Waals surface area contributed by atoms with Crippen LogP contribution in [0.2, 0.25) is 0 Å². The highest BCUT2D eigenvalue weighted by Gasteiger charge is 2.26. The monoisotopic (exact) mass is 349 g/mol. The second kappa shape index (κ2) is 6.92. The molecule has 0 aliphatic carbocycles. The summed E-state index contributed by atoms with van der Waals surface area (Å²) in [6.07, 6.45) is 5.42. The van der Waals surface area contributed by atoms with E-state index in [1.165, 1.54) is 6.26 Å². The Bertz CT molecular complexity index is 875. The number of hydrogen-bond acceptors (Lipinski definition) is 3. The largest absolute Gasteiger partial charge is 0.459 e. The van der Waals surface area contributed by atoms with Crippen molar-refractivity contribution in [2.24, 2.45) is 0 Å². The van der Waals surface area contributed by atoms with Crippen LogP contribution in [-0.2, 0) is 0 Å². The van der Waals surface area contributed by atoms with Crippen molar-refractivity contribution in [2.45, 2.75) is 0 Å². The molecule has 2 amide bonds. The highest BCUT2D eigenvalue weighted by Crippen LogP contribution is 2.14. The second-order valence-corrected chi connectivity index (χ2v) is 6.20. The van der Waals surface area contributed by atoms with Crippen LogP contribution in [0.4, 0.5) is 0 Å². The molecule has 132 valence electrons. The maximum atomic E-state index is 12.7. The number of nitrogens with zero attached hydrogens (tertiary/aromatic N) is 3. The van der Waals surface area contributed by atoms with Crippen molar-refractivity contribution in [2.75, 3.05) is 26.2 Å². The molecule has 0 unspecified atom stereocenters. The molecule has 0 atom stereocenters. The molecular weight excluding hydrogens is 330 g/mol. The molecule has 4 rings (SSSR count). The predicted octanol–water partition coefficient (Wildman–Crippen LogP) is 2.67. The van der Waals surface area contributed by atoms with Crippen LogP contribution < -0.4 is 0 Å². The van der Waals surface area contributed by atoms with Crippen LogP contribution in [0.15, 0.2) is 71.6 Å². The Labute approximate surface area is 151 Å². The van der Waals surface area contributed by atoms with Crippen LogP contribution >= 0.6 is 0 Å². The van der Waals surface area contributed by atoms with Crippen molar-refractivity contribution in [3.8, 4) is 5.69 Å². The summed E-state index contributed by atoms with van der Waals surface area (Å²) in [6, 6.07) is 14.8. The zero-order chi connectivity index (χ0) is 17.9. The van der Waals surface area contributed by atoms with Gasteiger partial charge in [0.15, 0.2) is 5.76 Å². The van der Waals surface area contributed by atoms with Crippen molar-refractivity contribution in [1.82, 2.24) is 14.4 Å². The van der Waals surface area contributed by atoms with Crippen LogP contribution in [0.1, 0.15) is 20.9 Å². The van der Waals surface area contributed by atoms with E-state index >= 15 is 0 Å². The van der Waals surface area contributed by atoms with E-state index in [1.54, 1.807) is 21.9 Å². The molecule has 3 aromatic rings. The summed E-state index contributed by atoms with van der Waals surface area (Å²) in [6.45, 7) is 2.05. The summed E-state index contributed by atoms with van der Waals surface area (Å²) in [7, 11) is 0. The van der Waals surface area contributed by atoms with Gasteiger partial charge in [0, 0.05) is 49.8 Å². The molecule has 2 aromatic heterocycles. The Morgan fingerprint density at radius 1 is 0.769 bits per heavy atom. The first-order valence-electron chi connectivity index (χ1n) is 8.58. The summed E-state index contributed by atoms with van der Waals surface area (Å²) >= 11 is 0. The average molecular weight is 349 g/mol. The van der Waals surface area contributed by atoms with Gasteiger partial charge in [-0.1, -0.05) is 0 Å². The van der Waals surface area contributed by atoms with Crippen LogP contribution in [0, 0.1) is 0 Å². The smallest absolute Gasteiger partial charge is 0.289 e. The Balaban J connectivity index is 1.38. The van der Waals surface area contributed by atoms with Gasteiger partial charge in [0.05, 0.1) is 6.26 Å². The third-order valence-electron chi connectivity index (χ3n) is 4.60. The zero-order valence-corrected chi connectivity index (χ0v) is 14.2. The van der Waals surface area contributed by atoms with Crippen molar-refractivity contribution < 1.29 is 14.0 Å². The fraction of sp³-hybridized carbons (Fsp3) is 0.200. The van der Waals surface area contributed by atoms with Crippen molar-refractivity contribution >= 4 is 11.8 Å². The van der Waals surface area contributed by atoms with Crippen molar-refractivity contribution in [1.29, 1.82) is 0 Å². The molecule has 0 bridgehead atoms. The molecule has 1 fully saturated rings. The lowest BCUT2D eigenvalue weighted by atomic mass is 10.1. The van der Waals surface area contributed by atoms with E-state index in [0.717, 1.165) is 5.69 Å².